The van der Waals surface area contributed by atoms with Crippen LogP contribution < -0.4 is 11.1 Å². The van der Waals surface area contributed by atoms with Gasteiger partial charge in [-0.05, 0) is 49.2 Å². The molecule has 0 saturated heterocycles. The van der Waals surface area contributed by atoms with Crippen molar-refractivity contribution in [3.63, 3.8) is 0 Å². The van der Waals surface area contributed by atoms with Crippen molar-refractivity contribution in [3.05, 3.63) is 57.2 Å². The monoisotopic (exact) mass is 333 g/mol. The average molecular weight is 334 g/mol. The Morgan fingerprint density at radius 3 is 2.70 bits per heavy atom. The largest absolute Gasteiger partial charge is 0.383 e. The van der Waals surface area contributed by atoms with Crippen molar-refractivity contribution < 1.29 is 0 Å². The Morgan fingerprint density at radius 2 is 2.05 bits per heavy atom. The van der Waals surface area contributed by atoms with E-state index in [1.165, 1.54) is 11.1 Å². The fourth-order valence-electron chi connectivity index (χ4n) is 2.23. The summed E-state index contributed by atoms with van der Waals surface area (Å²) in [6.07, 6.45) is 1.80. The maximum atomic E-state index is 6.06. The van der Waals surface area contributed by atoms with Crippen LogP contribution in [0.15, 0.2) is 34.9 Å². The van der Waals surface area contributed by atoms with Gasteiger partial charge in [0.25, 0.3) is 0 Å². The van der Waals surface area contributed by atoms with Crippen LogP contribution in [0.2, 0.25) is 0 Å². The van der Waals surface area contributed by atoms with Gasteiger partial charge >= 0.3 is 0 Å². The molecule has 2 aromatic rings. The first-order chi connectivity index (χ1) is 9.52. The van der Waals surface area contributed by atoms with Gasteiger partial charge in [-0.3, -0.25) is 0 Å². The van der Waals surface area contributed by atoms with Gasteiger partial charge in [0, 0.05) is 16.2 Å². The van der Waals surface area contributed by atoms with Crippen molar-refractivity contribution >= 4 is 21.7 Å². The average Bonchev–Trinajstić information content (AvgIpc) is 2.42. The van der Waals surface area contributed by atoms with Gasteiger partial charge in [0.05, 0.1) is 6.04 Å². The van der Waals surface area contributed by atoms with E-state index in [0.29, 0.717) is 5.82 Å². The first kappa shape index (κ1) is 15.0. The van der Waals surface area contributed by atoms with E-state index in [-0.39, 0.29) is 6.04 Å². The quantitative estimate of drug-likeness (QED) is 0.895. The predicted octanol–water partition coefficient (Wildman–Crippen LogP) is 3.74. The number of hydrogen-bond acceptors (Lipinski definition) is 3. The zero-order valence-electron chi connectivity index (χ0n) is 12.1. The van der Waals surface area contributed by atoms with Crippen LogP contribution >= 0.6 is 15.9 Å². The minimum atomic E-state index is 0.0595. The number of nitrogens with two attached hydrogens (primary N) is 1. The number of nitrogens with zero attached hydrogens (tertiary/aromatic N) is 1. The molecule has 0 aliphatic carbocycles. The number of aryl methyl sites for hydroxylation is 2. The summed E-state index contributed by atoms with van der Waals surface area (Å²) in [6, 6.07) is 8.55. The second kappa shape index (κ2) is 6.37. The van der Waals surface area contributed by atoms with Crippen LogP contribution in [-0.4, -0.2) is 11.5 Å². The third-order valence-corrected chi connectivity index (χ3v) is 4.19. The van der Waals surface area contributed by atoms with Gasteiger partial charge in [-0.2, -0.15) is 0 Å². The second-order valence-electron chi connectivity index (χ2n) is 4.99. The second-order valence-corrected chi connectivity index (χ2v) is 5.84. The van der Waals surface area contributed by atoms with Gasteiger partial charge in [-0.1, -0.05) is 35.0 Å². The summed E-state index contributed by atoms with van der Waals surface area (Å²) in [6.45, 7) is 7.07. The van der Waals surface area contributed by atoms with E-state index in [1.54, 1.807) is 6.20 Å². The lowest BCUT2D eigenvalue weighted by Gasteiger charge is -2.21. The molecule has 3 N–H and O–H groups in total. The Morgan fingerprint density at radius 1 is 1.30 bits per heavy atom. The highest BCUT2D eigenvalue weighted by molar-refractivity contribution is 9.10. The van der Waals surface area contributed by atoms with Crippen molar-refractivity contribution in [2.75, 3.05) is 12.3 Å². The number of hydrogen-bond donors (Lipinski definition) is 2. The molecule has 4 heteroatoms. The lowest BCUT2D eigenvalue weighted by atomic mass is 9.97. The SMILES string of the molecule is CCNC(c1ccc(C)c(Br)c1)c1cc(C)cnc1N. The first-order valence-electron chi connectivity index (χ1n) is 6.74. The molecule has 0 amide bonds. The molecule has 0 bridgehead atoms. The molecule has 0 radical (unpaired) electrons. The van der Waals surface area contributed by atoms with E-state index in [2.05, 4.69) is 64.3 Å². The molecule has 2 rings (SSSR count). The highest BCUT2D eigenvalue weighted by Gasteiger charge is 2.17. The number of halogens is 1. The van der Waals surface area contributed by atoms with Crippen LogP contribution in [0.25, 0.3) is 0 Å². The molecule has 0 saturated carbocycles. The van der Waals surface area contributed by atoms with Crippen LogP contribution in [0.3, 0.4) is 0 Å². The Labute approximate surface area is 128 Å². The lowest BCUT2D eigenvalue weighted by Crippen LogP contribution is -2.23. The fourth-order valence-corrected chi connectivity index (χ4v) is 2.63. The van der Waals surface area contributed by atoms with Gasteiger partial charge < -0.3 is 11.1 Å². The Kier molecular flexibility index (Phi) is 4.78. The molecule has 0 aliphatic heterocycles. The summed E-state index contributed by atoms with van der Waals surface area (Å²) in [5, 5.41) is 3.49. The van der Waals surface area contributed by atoms with Gasteiger partial charge in [0.15, 0.2) is 0 Å². The number of anilines is 1. The minimum absolute atomic E-state index is 0.0595. The van der Waals surface area contributed by atoms with Crippen LogP contribution in [0.1, 0.15) is 35.2 Å². The highest BCUT2D eigenvalue weighted by atomic mass is 79.9. The van der Waals surface area contributed by atoms with Crippen LogP contribution in [0.5, 0.6) is 0 Å². The molecule has 1 aromatic heterocycles. The standard InChI is InChI=1S/C16H20BrN3/c1-4-19-15(12-6-5-11(3)14(17)8-12)13-7-10(2)9-20-16(13)18/h5-9,15,19H,4H2,1-3H3,(H2,18,20). The minimum Gasteiger partial charge on any atom is -0.383 e. The van der Waals surface area contributed by atoms with Crippen molar-refractivity contribution in [2.45, 2.75) is 26.8 Å². The third kappa shape index (κ3) is 3.19. The van der Waals surface area contributed by atoms with E-state index in [0.717, 1.165) is 22.1 Å². The number of nitrogen functional groups attached to an aromatic ring is 1. The normalized spacial score (nSPS) is 12.4. The zero-order valence-corrected chi connectivity index (χ0v) is 13.7. The van der Waals surface area contributed by atoms with Crippen molar-refractivity contribution in [1.29, 1.82) is 0 Å². The molecule has 0 fully saturated rings. The maximum absolute atomic E-state index is 6.06. The number of nitrogens with one attached hydrogen (secondary N) is 1. The summed E-state index contributed by atoms with van der Waals surface area (Å²) < 4.78 is 1.11. The zero-order chi connectivity index (χ0) is 14.7. The van der Waals surface area contributed by atoms with E-state index in [9.17, 15) is 0 Å². The van der Waals surface area contributed by atoms with Crippen molar-refractivity contribution in [3.8, 4) is 0 Å². The van der Waals surface area contributed by atoms with Gasteiger partial charge in [0.2, 0.25) is 0 Å². The molecule has 1 unspecified atom stereocenters. The molecule has 20 heavy (non-hydrogen) atoms. The smallest absolute Gasteiger partial charge is 0.128 e. The Balaban J connectivity index is 2.49. The Hall–Kier alpha value is -1.39. The molecule has 1 atom stereocenters. The van der Waals surface area contributed by atoms with Crippen LogP contribution in [0, 0.1) is 13.8 Å². The van der Waals surface area contributed by atoms with Gasteiger partial charge in [-0.25, -0.2) is 4.98 Å². The van der Waals surface area contributed by atoms with Crippen molar-refractivity contribution in [2.24, 2.45) is 0 Å². The van der Waals surface area contributed by atoms with Crippen LogP contribution in [0.4, 0.5) is 5.82 Å². The van der Waals surface area contributed by atoms with E-state index in [4.69, 9.17) is 5.73 Å². The number of benzene rings is 1. The summed E-state index contributed by atoms with van der Waals surface area (Å²) in [4.78, 5) is 4.27. The third-order valence-electron chi connectivity index (χ3n) is 3.33. The first-order valence-corrected chi connectivity index (χ1v) is 7.53. The topological polar surface area (TPSA) is 50.9 Å². The van der Waals surface area contributed by atoms with Gasteiger partial charge in [0.1, 0.15) is 5.82 Å². The Bertz CT molecular complexity index is 611. The fraction of sp³-hybridized carbons (Fsp3) is 0.312. The van der Waals surface area contributed by atoms with Crippen molar-refractivity contribution in [1.82, 2.24) is 10.3 Å². The van der Waals surface area contributed by atoms with E-state index >= 15 is 0 Å². The number of aromatic nitrogens is 1. The molecule has 1 aromatic carbocycles. The number of pyridine rings is 1. The summed E-state index contributed by atoms with van der Waals surface area (Å²) in [5.74, 6) is 0.582. The predicted molar refractivity (Wildman–Crippen MR) is 87.8 cm³/mol. The maximum Gasteiger partial charge on any atom is 0.128 e. The van der Waals surface area contributed by atoms with Gasteiger partial charge in [-0.15, -0.1) is 0 Å². The molecular weight excluding hydrogens is 314 g/mol. The van der Waals surface area contributed by atoms with E-state index < -0.39 is 0 Å². The molecule has 3 nitrogen and oxygen atoms in total. The molecule has 0 aliphatic rings. The molecule has 0 spiro atoms. The lowest BCUT2D eigenvalue weighted by molar-refractivity contribution is 0.629. The molecular formula is C16H20BrN3. The highest BCUT2D eigenvalue weighted by Crippen LogP contribution is 2.29. The molecule has 106 valence electrons. The number of rotatable bonds is 4. The van der Waals surface area contributed by atoms with E-state index in [1.807, 2.05) is 6.92 Å². The summed E-state index contributed by atoms with van der Waals surface area (Å²) in [7, 11) is 0. The summed E-state index contributed by atoms with van der Waals surface area (Å²) in [5.41, 5.74) is 10.6. The molecule has 1 heterocycles. The summed E-state index contributed by atoms with van der Waals surface area (Å²) >= 11 is 3.60. The van der Waals surface area contributed by atoms with Crippen LogP contribution in [-0.2, 0) is 0 Å².